The molecule has 0 saturated carbocycles. The van der Waals surface area contributed by atoms with Crippen molar-refractivity contribution in [3.05, 3.63) is 34.1 Å². The predicted octanol–water partition coefficient (Wildman–Crippen LogP) is 1.94. The van der Waals surface area contributed by atoms with Gasteiger partial charge in [0, 0.05) is 11.0 Å². The molecular formula is C12H13BrFN3O2. The largest absolute Gasteiger partial charge is 0.409 e. The molecular weight excluding hydrogens is 317 g/mol. The van der Waals surface area contributed by atoms with Gasteiger partial charge in [-0.1, -0.05) is 5.16 Å². The monoisotopic (exact) mass is 329 g/mol. The van der Waals surface area contributed by atoms with E-state index in [1.807, 2.05) is 0 Å². The van der Waals surface area contributed by atoms with Gasteiger partial charge in [-0.3, -0.25) is 4.79 Å². The molecule has 1 aliphatic heterocycles. The molecule has 3 N–H and O–H groups in total. The van der Waals surface area contributed by atoms with Gasteiger partial charge in [0.05, 0.1) is 11.6 Å². The third-order valence-electron chi connectivity index (χ3n) is 3.13. The molecule has 102 valence electrons. The van der Waals surface area contributed by atoms with Crippen LogP contribution in [-0.2, 0) is 0 Å². The molecule has 2 rings (SSSR count). The molecule has 1 unspecified atom stereocenters. The van der Waals surface area contributed by atoms with Crippen molar-refractivity contribution < 1.29 is 14.4 Å². The second kappa shape index (κ2) is 5.56. The topological polar surface area (TPSA) is 78.9 Å². The van der Waals surface area contributed by atoms with E-state index in [0.717, 1.165) is 6.42 Å². The zero-order valence-electron chi connectivity index (χ0n) is 10.0. The van der Waals surface area contributed by atoms with Crippen LogP contribution in [0.4, 0.5) is 4.39 Å². The molecule has 0 aliphatic carbocycles. The zero-order valence-corrected chi connectivity index (χ0v) is 11.6. The Balaban J connectivity index is 2.28. The lowest BCUT2D eigenvalue weighted by Crippen LogP contribution is -2.44. The number of likely N-dealkylation sites (tertiary alicyclic amines) is 1. The van der Waals surface area contributed by atoms with Crippen LogP contribution in [0.15, 0.2) is 27.8 Å². The van der Waals surface area contributed by atoms with Crippen molar-refractivity contribution in [3.8, 4) is 0 Å². The molecule has 0 bridgehead atoms. The fourth-order valence-electron chi connectivity index (χ4n) is 2.20. The quantitative estimate of drug-likeness (QED) is 0.376. The fourth-order valence-corrected chi connectivity index (χ4v) is 2.72. The van der Waals surface area contributed by atoms with Crippen molar-refractivity contribution in [2.75, 3.05) is 6.54 Å². The first-order chi connectivity index (χ1) is 9.04. The fraction of sp³-hybridized carbons (Fsp3) is 0.333. The summed E-state index contributed by atoms with van der Waals surface area (Å²) < 4.78 is 13.4. The van der Waals surface area contributed by atoms with Crippen molar-refractivity contribution in [2.24, 2.45) is 10.9 Å². The summed E-state index contributed by atoms with van der Waals surface area (Å²) in [4.78, 5) is 13.9. The van der Waals surface area contributed by atoms with E-state index in [1.165, 1.54) is 23.1 Å². The van der Waals surface area contributed by atoms with Gasteiger partial charge in [0.1, 0.15) is 5.82 Å². The van der Waals surface area contributed by atoms with E-state index in [0.29, 0.717) is 23.0 Å². The number of oxime groups is 1. The summed E-state index contributed by atoms with van der Waals surface area (Å²) in [6.45, 7) is 0.531. The lowest BCUT2D eigenvalue weighted by atomic mass is 10.1. The Morgan fingerprint density at radius 1 is 1.58 bits per heavy atom. The van der Waals surface area contributed by atoms with Crippen molar-refractivity contribution >= 4 is 27.7 Å². The number of amidine groups is 1. The number of carbonyl (C=O) groups is 1. The number of hydrogen-bond acceptors (Lipinski definition) is 3. The molecule has 1 fully saturated rings. The number of amides is 1. The average Bonchev–Trinajstić information content (AvgIpc) is 2.86. The third kappa shape index (κ3) is 2.70. The minimum Gasteiger partial charge on any atom is -0.409 e. The van der Waals surface area contributed by atoms with Crippen LogP contribution < -0.4 is 5.73 Å². The van der Waals surface area contributed by atoms with Gasteiger partial charge in [0.2, 0.25) is 0 Å². The summed E-state index contributed by atoms with van der Waals surface area (Å²) in [5.41, 5.74) is 5.94. The lowest BCUT2D eigenvalue weighted by Gasteiger charge is -2.24. The highest BCUT2D eigenvalue weighted by Crippen LogP contribution is 2.24. The standard InChI is InChI=1S/C12H13BrFN3O2/c13-9-6-7(14)3-4-8(9)12(18)17-5-1-2-10(17)11(15)16-19/h3-4,6,10,19H,1-2,5H2,(H2,15,16). The maximum absolute atomic E-state index is 13.0. The van der Waals surface area contributed by atoms with Gasteiger partial charge in [0.15, 0.2) is 5.84 Å². The van der Waals surface area contributed by atoms with Crippen molar-refractivity contribution in [2.45, 2.75) is 18.9 Å². The molecule has 1 saturated heterocycles. The molecule has 1 aromatic rings. The van der Waals surface area contributed by atoms with Crippen LogP contribution in [0.3, 0.4) is 0 Å². The van der Waals surface area contributed by atoms with Gasteiger partial charge in [-0.25, -0.2) is 4.39 Å². The molecule has 19 heavy (non-hydrogen) atoms. The van der Waals surface area contributed by atoms with Crippen LogP contribution in [0.5, 0.6) is 0 Å². The molecule has 1 amide bonds. The van der Waals surface area contributed by atoms with Gasteiger partial charge in [-0.05, 0) is 47.0 Å². The number of benzene rings is 1. The summed E-state index contributed by atoms with van der Waals surface area (Å²) in [6, 6.07) is 3.48. The van der Waals surface area contributed by atoms with E-state index in [1.54, 1.807) is 0 Å². The second-order valence-electron chi connectivity index (χ2n) is 4.31. The normalized spacial score (nSPS) is 19.8. The highest BCUT2D eigenvalue weighted by molar-refractivity contribution is 9.10. The molecule has 0 aromatic heterocycles. The molecule has 0 radical (unpaired) electrons. The number of nitrogens with two attached hydrogens (primary N) is 1. The smallest absolute Gasteiger partial charge is 0.255 e. The van der Waals surface area contributed by atoms with E-state index >= 15 is 0 Å². The molecule has 5 nitrogen and oxygen atoms in total. The SMILES string of the molecule is NC(=NO)C1CCCN1C(=O)c1ccc(F)cc1Br. The maximum Gasteiger partial charge on any atom is 0.255 e. The Morgan fingerprint density at radius 2 is 2.32 bits per heavy atom. The zero-order chi connectivity index (χ0) is 14.0. The molecule has 0 spiro atoms. The minimum absolute atomic E-state index is 0.0177. The summed E-state index contributed by atoms with van der Waals surface area (Å²) in [5, 5.41) is 11.7. The van der Waals surface area contributed by atoms with Gasteiger partial charge in [0.25, 0.3) is 5.91 Å². The van der Waals surface area contributed by atoms with E-state index < -0.39 is 11.9 Å². The Hall–Kier alpha value is -1.63. The first-order valence-corrected chi connectivity index (χ1v) is 6.57. The minimum atomic E-state index is -0.419. The third-order valence-corrected chi connectivity index (χ3v) is 3.79. The van der Waals surface area contributed by atoms with Gasteiger partial charge in [-0.15, -0.1) is 0 Å². The molecule has 1 atom stereocenters. The van der Waals surface area contributed by atoms with Crippen LogP contribution in [0.25, 0.3) is 0 Å². The summed E-state index contributed by atoms with van der Waals surface area (Å²) >= 11 is 3.17. The average molecular weight is 330 g/mol. The summed E-state index contributed by atoms with van der Waals surface area (Å²) in [5.74, 6) is -0.664. The van der Waals surface area contributed by atoms with Gasteiger partial charge >= 0.3 is 0 Å². The Bertz CT molecular complexity index is 536. The second-order valence-corrected chi connectivity index (χ2v) is 5.16. The van der Waals surface area contributed by atoms with Gasteiger partial charge < -0.3 is 15.8 Å². The summed E-state index contributed by atoms with van der Waals surface area (Å²) in [7, 11) is 0. The van der Waals surface area contributed by atoms with Crippen molar-refractivity contribution in [1.29, 1.82) is 0 Å². The first kappa shape index (κ1) is 13.8. The van der Waals surface area contributed by atoms with Crippen molar-refractivity contribution in [1.82, 2.24) is 4.90 Å². The first-order valence-electron chi connectivity index (χ1n) is 5.78. The van der Waals surface area contributed by atoms with Gasteiger partial charge in [-0.2, -0.15) is 0 Å². The van der Waals surface area contributed by atoms with Crippen LogP contribution in [0.1, 0.15) is 23.2 Å². The van der Waals surface area contributed by atoms with E-state index in [9.17, 15) is 9.18 Å². The molecule has 7 heteroatoms. The van der Waals surface area contributed by atoms with Crippen LogP contribution in [0, 0.1) is 5.82 Å². The molecule has 1 heterocycles. The van der Waals surface area contributed by atoms with E-state index in [-0.39, 0.29) is 11.7 Å². The molecule has 1 aliphatic rings. The Kier molecular flexibility index (Phi) is 4.04. The maximum atomic E-state index is 13.0. The predicted molar refractivity (Wildman–Crippen MR) is 71.6 cm³/mol. The number of halogens is 2. The Morgan fingerprint density at radius 3 is 2.95 bits per heavy atom. The van der Waals surface area contributed by atoms with Crippen LogP contribution >= 0.6 is 15.9 Å². The van der Waals surface area contributed by atoms with E-state index in [2.05, 4.69) is 21.1 Å². The Labute approximate surface area is 118 Å². The van der Waals surface area contributed by atoms with E-state index in [4.69, 9.17) is 10.9 Å². The van der Waals surface area contributed by atoms with Crippen LogP contribution in [-0.4, -0.2) is 34.4 Å². The van der Waals surface area contributed by atoms with Crippen molar-refractivity contribution in [3.63, 3.8) is 0 Å². The number of nitrogens with zero attached hydrogens (tertiary/aromatic N) is 2. The summed E-state index contributed by atoms with van der Waals surface area (Å²) in [6.07, 6.45) is 1.44. The number of rotatable bonds is 2. The lowest BCUT2D eigenvalue weighted by molar-refractivity contribution is 0.0767. The highest BCUT2D eigenvalue weighted by atomic mass is 79.9. The highest BCUT2D eigenvalue weighted by Gasteiger charge is 2.33. The van der Waals surface area contributed by atoms with Crippen LogP contribution in [0.2, 0.25) is 0 Å². The number of carbonyl (C=O) groups excluding carboxylic acids is 1. The number of hydrogen-bond donors (Lipinski definition) is 2. The molecule has 1 aromatic carbocycles.